The fourth-order valence-corrected chi connectivity index (χ4v) is 3.56. The van der Waals surface area contributed by atoms with Crippen molar-refractivity contribution in [3.63, 3.8) is 0 Å². The largest absolute Gasteiger partial charge is 0.497 e. The lowest BCUT2D eigenvalue weighted by atomic mass is 10.0. The van der Waals surface area contributed by atoms with Gasteiger partial charge in [0.25, 0.3) is 5.92 Å². The van der Waals surface area contributed by atoms with Gasteiger partial charge in [-0.05, 0) is 23.8 Å². The molecule has 0 atom stereocenters. The average Bonchev–Trinajstić information content (AvgIpc) is 3.20. The summed E-state index contributed by atoms with van der Waals surface area (Å²) in [5.41, 5.74) is 2.88. The Kier molecular flexibility index (Phi) is 5.32. The fraction of sp³-hybridized carbons (Fsp3) is 0.318. The zero-order chi connectivity index (χ0) is 20.4. The molecule has 4 rings (SSSR count). The van der Waals surface area contributed by atoms with Crippen molar-refractivity contribution in [1.82, 2.24) is 14.9 Å². The van der Waals surface area contributed by atoms with Gasteiger partial charge in [0.05, 0.1) is 19.0 Å². The van der Waals surface area contributed by atoms with Gasteiger partial charge in [0.15, 0.2) is 0 Å². The Morgan fingerprint density at radius 2 is 1.93 bits per heavy atom. The Bertz CT molecular complexity index is 992. The molecule has 2 aromatic carbocycles. The van der Waals surface area contributed by atoms with Gasteiger partial charge in [-0.25, -0.2) is 18.2 Å². The Morgan fingerprint density at radius 3 is 2.66 bits per heavy atom. The van der Waals surface area contributed by atoms with Crippen molar-refractivity contribution in [2.24, 2.45) is 0 Å². The molecule has 0 radical (unpaired) electrons. The molecule has 1 aliphatic heterocycles. The van der Waals surface area contributed by atoms with E-state index in [1.54, 1.807) is 18.3 Å². The molecule has 4 nitrogen and oxygen atoms in total. The van der Waals surface area contributed by atoms with Crippen LogP contribution in [0.2, 0.25) is 0 Å². The summed E-state index contributed by atoms with van der Waals surface area (Å²) in [7, 11) is 1.49. The first-order valence-electron chi connectivity index (χ1n) is 9.52. The highest BCUT2D eigenvalue weighted by Gasteiger charge is 2.33. The van der Waals surface area contributed by atoms with E-state index in [2.05, 4.69) is 9.97 Å². The standard InChI is InChI=1S/C22H22F3N3O/c1-29-17-5-6-18(19(23)12-17)20-13-26-21(27-20)16-4-2-3-15(11-16)14-28-9-7-22(24,25)8-10-28/h2-6,11-13H,7-10,14H2,1H3,(H,26,27). The molecule has 1 saturated heterocycles. The minimum Gasteiger partial charge on any atom is -0.497 e. The third kappa shape index (κ3) is 4.45. The number of imidazole rings is 1. The minimum absolute atomic E-state index is 0.0956. The van der Waals surface area contributed by atoms with Gasteiger partial charge < -0.3 is 9.72 Å². The van der Waals surface area contributed by atoms with Crippen LogP contribution in [0.4, 0.5) is 13.2 Å². The number of methoxy groups -OCH3 is 1. The highest BCUT2D eigenvalue weighted by Crippen LogP contribution is 2.30. The molecule has 152 valence electrons. The molecule has 2 heterocycles. The van der Waals surface area contributed by atoms with Gasteiger partial charge in [0.1, 0.15) is 17.4 Å². The van der Waals surface area contributed by atoms with Crippen LogP contribution < -0.4 is 4.74 Å². The molecule has 0 unspecified atom stereocenters. The first-order valence-corrected chi connectivity index (χ1v) is 9.52. The highest BCUT2D eigenvalue weighted by molar-refractivity contribution is 5.65. The Morgan fingerprint density at radius 1 is 1.14 bits per heavy atom. The Balaban J connectivity index is 1.51. The summed E-state index contributed by atoms with van der Waals surface area (Å²) in [5.74, 6) is -1.86. The zero-order valence-corrected chi connectivity index (χ0v) is 16.1. The molecule has 0 aliphatic carbocycles. The molecule has 0 amide bonds. The number of alkyl halides is 2. The van der Waals surface area contributed by atoms with E-state index in [0.29, 0.717) is 42.5 Å². The van der Waals surface area contributed by atoms with Crippen LogP contribution in [0.3, 0.4) is 0 Å². The van der Waals surface area contributed by atoms with Crippen molar-refractivity contribution in [2.75, 3.05) is 20.2 Å². The van der Waals surface area contributed by atoms with Crippen molar-refractivity contribution in [2.45, 2.75) is 25.3 Å². The van der Waals surface area contributed by atoms with Crippen molar-refractivity contribution >= 4 is 0 Å². The van der Waals surface area contributed by atoms with Crippen molar-refractivity contribution in [3.8, 4) is 28.4 Å². The van der Waals surface area contributed by atoms with Crippen LogP contribution in [0.1, 0.15) is 18.4 Å². The lowest BCUT2D eigenvalue weighted by Gasteiger charge is -2.31. The number of ether oxygens (including phenoxy) is 1. The van der Waals surface area contributed by atoms with Crippen LogP contribution in [0.5, 0.6) is 5.75 Å². The van der Waals surface area contributed by atoms with Crippen molar-refractivity contribution < 1.29 is 17.9 Å². The number of nitrogens with one attached hydrogen (secondary N) is 1. The predicted octanol–water partition coefficient (Wildman–Crippen LogP) is 5.12. The Labute approximate surface area is 167 Å². The first-order chi connectivity index (χ1) is 13.9. The molecule has 0 spiro atoms. The first kappa shape index (κ1) is 19.5. The summed E-state index contributed by atoms with van der Waals surface area (Å²) in [4.78, 5) is 9.59. The van der Waals surface area contributed by atoms with Crippen molar-refractivity contribution in [1.29, 1.82) is 0 Å². The second kappa shape index (κ2) is 7.91. The normalized spacial score (nSPS) is 16.7. The smallest absolute Gasteiger partial charge is 0.250 e. The van der Waals surface area contributed by atoms with Crippen LogP contribution in [-0.4, -0.2) is 41.0 Å². The number of aromatic amines is 1. The van der Waals surface area contributed by atoms with Crippen LogP contribution in [-0.2, 0) is 6.54 Å². The SMILES string of the molecule is COc1ccc(-c2cnc(-c3cccc(CN4CCC(F)(F)CC4)c3)[nH]2)c(F)c1. The third-order valence-corrected chi connectivity index (χ3v) is 5.24. The lowest BCUT2D eigenvalue weighted by Crippen LogP contribution is -2.38. The minimum atomic E-state index is -2.54. The predicted molar refractivity (Wildman–Crippen MR) is 105 cm³/mol. The lowest BCUT2D eigenvalue weighted by molar-refractivity contribution is -0.0566. The summed E-state index contributed by atoms with van der Waals surface area (Å²) in [6, 6.07) is 12.5. The van der Waals surface area contributed by atoms with Crippen LogP contribution in [0, 0.1) is 5.82 Å². The Hall–Kier alpha value is -2.80. The highest BCUT2D eigenvalue weighted by atomic mass is 19.3. The number of hydrogen-bond acceptors (Lipinski definition) is 3. The van der Waals surface area contributed by atoms with E-state index in [1.165, 1.54) is 13.2 Å². The number of piperidine rings is 1. The summed E-state index contributed by atoms with van der Waals surface area (Å²) in [6.07, 6.45) is 1.41. The number of likely N-dealkylation sites (tertiary alicyclic amines) is 1. The molecular weight excluding hydrogens is 379 g/mol. The number of nitrogens with zero attached hydrogens (tertiary/aromatic N) is 2. The number of aromatic nitrogens is 2. The van der Waals surface area contributed by atoms with E-state index in [9.17, 15) is 13.2 Å². The summed E-state index contributed by atoms with van der Waals surface area (Å²) in [6.45, 7) is 1.39. The fourth-order valence-electron chi connectivity index (χ4n) is 3.56. The van der Waals surface area contributed by atoms with Gasteiger partial charge in [0.2, 0.25) is 0 Å². The van der Waals surface area contributed by atoms with E-state index >= 15 is 0 Å². The van der Waals surface area contributed by atoms with Gasteiger partial charge >= 0.3 is 0 Å². The molecule has 1 fully saturated rings. The van der Waals surface area contributed by atoms with Crippen LogP contribution >= 0.6 is 0 Å². The number of H-pyrrole nitrogens is 1. The van der Waals surface area contributed by atoms with Crippen LogP contribution in [0.25, 0.3) is 22.6 Å². The van der Waals surface area contributed by atoms with Crippen molar-refractivity contribution in [3.05, 3.63) is 60.0 Å². The monoisotopic (exact) mass is 401 g/mol. The molecule has 1 aliphatic rings. The van der Waals surface area contributed by atoms with Crippen LogP contribution in [0.15, 0.2) is 48.7 Å². The van der Waals surface area contributed by atoms with E-state index in [1.807, 2.05) is 29.2 Å². The van der Waals surface area contributed by atoms with E-state index in [-0.39, 0.29) is 12.8 Å². The maximum absolute atomic E-state index is 14.3. The maximum atomic E-state index is 14.3. The van der Waals surface area contributed by atoms with Gasteiger partial charge in [-0.2, -0.15) is 0 Å². The maximum Gasteiger partial charge on any atom is 0.250 e. The second-order valence-corrected chi connectivity index (χ2v) is 7.32. The topological polar surface area (TPSA) is 41.1 Å². The van der Waals surface area contributed by atoms with Gasteiger partial charge in [-0.1, -0.05) is 18.2 Å². The summed E-state index contributed by atoms with van der Waals surface area (Å²) >= 11 is 0. The summed E-state index contributed by atoms with van der Waals surface area (Å²) in [5, 5.41) is 0. The molecule has 1 aromatic heterocycles. The zero-order valence-electron chi connectivity index (χ0n) is 16.1. The average molecular weight is 401 g/mol. The number of halogens is 3. The molecular formula is C22H22F3N3O. The van der Waals surface area contributed by atoms with Gasteiger partial charge in [0, 0.05) is 49.7 Å². The molecule has 0 saturated carbocycles. The number of benzene rings is 2. The molecule has 0 bridgehead atoms. The quantitative estimate of drug-likeness (QED) is 0.645. The molecule has 3 aromatic rings. The van der Waals surface area contributed by atoms with Gasteiger partial charge in [-0.15, -0.1) is 0 Å². The van der Waals surface area contributed by atoms with Gasteiger partial charge in [-0.3, -0.25) is 4.90 Å². The summed E-state index contributed by atoms with van der Waals surface area (Å²) < 4.78 is 46.0. The molecule has 7 heteroatoms. The third-order valence-electron chi connectivity index (χ3n) is 5.24. The van der Waals surface area contributed by atoms with E-state index in [0.717, 1.165) is 11.1 Å². The molecule has 1 N–H and O–H groups in total. The second-order valence-electron chi connectivity index (χ2n) is 7.32. The molecule has 29 heavy (non-hydrogen) atoms. The number of hydrogen-bond donors (Lipinski definition) is 1. The van der Waals surface area contributed by atoms with E-state index < -0.39 is 11.7 Å². The van der Waals surface area contributed by atoms with E-state index in [4.69, 9.17) is 4.74 Å². The number of rotatable bonds is 5.